The normalized spacial score (nSPS) is 11.6. The molecule has 0 saturated carbocycles. The Balaban J connectivity index is 0.000000204. The second-order valence-electron chi connectivity index (χ2n) is 7.68. The molecule has 0 aliphatic carbocycles. The number of nitrogens with one attached hydrogen (secondary N) is 2. The van der Waals surface area contributed by atoms with Gasteiger partial charge in [0.2, 0.25) is 0 Å². The summed E-state index contributed by atoms with van der Waals surface area (Å²) in [5.74, 6) is 0.0330. The van der Waals surface area contributed by atoms with Crippen LogP contribution in [0.5, 0.6) is 5.75 Å². The molecule has 0 saturated heterocycles. The van der Waals surface area contributed by atoms with E-state index in [1.807, 2.05) is 48.6 Å². The Bertz CT molecular complexity index is 1420. The first-order valence-electron chi connectivity index (χ1n) is 10.5. The molecule has 0 radical (unpaired) electrons. The Kier molecular flexibility index (Phi) is 5.45. The Morgan fingerprint density at radius 1 is 0.618 bits per heavy atom. The highest BCUT2D eigenvalue weighted by Crippen LogP contribution is 2.17. The fourth-order valence-corrected chi connectivity index (χ4v) is 3.52. The highest BCUT2D eigenvalue weighted by atomic mass is 16.6. The first-order valence-corrected chi connectivity index (χ1v) is 10.5. The van der Waals surface area contributed by atoms with Crippen LogP contribution >= 0.6 is 0 Å². The lowest BCUT2D eigenvalue weighted by Gasteiger charge is -1.89. The van der Waals surface area contributed by atoms with Crippen molar-refractivity contribution in [1.82, 2.24) is 19.9 Å². The van der Waals surface area contributed by atoms with Crippen LogP contribution in [-0.2, 0) is 0 Å². The molecular formula is C26H19N5O3. The molecule has 2 aliphatic rings. The van der Waals surface area contributed by atoms with Crippen molar-refractivity contribution in [1.29, 1.82) is 0 Å². The largest absolute Gasteiger partial charge is 0.508 e. The maximum absolute atomic E-state index is 10.0. The molecule has 3 N–H and O–H groups in total. The number of H-pyrrole nitrogens is 2. The van der Waals surface area contributed by atoms with E-state index < -0.39 is 4.92 Å². The van der Waals surface area contributed by atoms with Gasteiger partial charge < -0.3 is 15.1 Å². The SMILES string of the molecule is C1=Cc2cc3ccc(cc4nc(cc5ccc(cc1n2)[nH]5)C=C4)[nH]3.O=[N+]([O-])c1ccc(O)cc1. The molecule has 8 bridgehead atoms. The minimum atomic E-state index is -0.514. The average Bonchev–Trinajstić information content (AvgIpc) is 3.60. The molecule has 5 heterocycles. The summed E-state index contributed by atoms with van der Waals surface area (Å²) >= 11 is 0. The number of nitrogens with zero attached hydrogens (tertiary/aromatic N) is 3. The van der Waals surface area contributed by atoms with Crippen LogP contribution in [0.1, 0.15) is 22.8 Å². The van der Waals surface area contributed by atoms with Crippen molar-refractivity contribution in [2.24, 2.45) is 0 Å². The third kappa shape index (κ3) is 4.91. The number of hydrogen-bond acceptors (Lipinski definition) is 5. The molecule has 0 atom stereocenters. The summed E-state index contributed by atoms with van der Waals surface area (Å²) in [5, 5.41) is 18.8. The maximum Gasteiger partial charge on any atom is 0.269 e. The van der Waals surface area contributed by atoms with E-state index in [-0.39, 0.29) is 11.4 Å². The van der Waals surface area contributed by atoms with Gasteiger partial charge in [0.1, 0.15) is 5.75 Å². The standard InChI is InChI=1S/C20H14N4.C6H5NO3/c1-2-14-10-16-5-6-18(23-16)12-20-8-7-19(24-20)11-17-4-3-15(22-17)9-13(1)21-14;8-6-3-1-5(2-4-6)7(9)10/h1-12,21,24H;1-4,8H. The summed E-state index contributed by atoms with van der Waals surface area (Å²) in [4.78, 5) is 25.5. The highest BCUT2D eigenvalue weighted by Gasteiger charge is 2.02. The summed E-state index contributed by atoms with van der Waals surface area (Å²) in [5.41, 5.74) is 7.84. The van der Waals surface area contributed by atoms with Gasteiger partial charge in [-0.25, -0.2) is 9.97 Å². The number of nitro groups is 1. The number of hydrogen-bond donors (Lipinski definition) is 3. The van der Waals surface area contributed by atoms with E-state index >= 15 is 0 Å². The summed E-state index contributed by atoms with van der Waals surface area (Å²) in [7, 11) is 0. The molecule has 1 aromatic carbocycles. The van der Waals surface area contributed by atoms with Crippen molar-refractivity contribution in [3.8, 4) is 5.75 Å². The van der Waals surface area contributed by atoms with Gasteiger partial charge >= 0.3 is 0 Å². The van der Waals surface area contributed by atoms with Crippen LogP contribution in [-0.4, -0.2) is 30.0 Å². The first kappa shape index (κ1) is 20.9. The first-order chi connectivity index (χ1) is 16.5. The molecule has 0 spiro atoms. The number of phenolic OH excluding ortho intramolecular Hbond substituents is 1. The van der Waals surface area contributed by atoms with Gasteiger partial charge in [-0.3, -0.25) is 10.1 Å². The van der Waals surface area contributed by atoms with E-state index in [1.54, 1.807) is 0 Å². The summed E-state index contributed by atoms with van der Waals surface area (Å²) in [6.07, 6.45) is 8.09. The second kappa shape index (κ2) is 8.87. The van der Waals surface area contributed by atoms with E-state index in [9.17, 15) is 10.1 Å². The molecular weight excluding hydrogens is 430 g/mol. The third-order valence-corrected chi connectivity index (χ3v) is 5.10. The fourth-order valence-electron chi connectivity index (χ4n) is 3.52. The number of phenols is 1. The molecule has 4 aromatic rings. The van der Waals surface area contributed by atoms with Crippen molar-refractivity contribution in [2.45, 2.75) is 0 Å². The third-order valence-electron chi connectivity index (χ3n) is 5.10. The fraction of sp³-hybridized carbons (Fsp3) is 0. The van der Waals surface area contributed by atoms with E-state index in [0.717, 1.165) is 44.8 Å². The topological polar surface area (TPSA) is 121 Å². The van der Waals surface area contributed by atoms with Crippen LogP contribution in [0.15, 0.2) is 72.8 Å². The molecule has 8 nitrogen and oxygen atoms in total. The smallest absolute Gasteiger partial charge is 0.269 e. The molecule has 6 rings (SSSR count). The zero-order valence-corrected chi connectivity index (χ0v) is 17.8. The van der Waals surface area contributed by atoms with E-state index in [4.69, 9.17) is 5.11 Å². The number of non-ortho nitro benzene ring substituents is 1. The zero-order chi connectivity index (χ0) is 23.5. The zero-order valence-electron chi connectivity index (χ0n) is 17.8. The Hall–Kier alpha value is -4.98. The molecule has 3 aromatic heterocycles. The average molecular weight is 449 g/mol. The second-order valence-corrected chi connectivity index (χ2v) is 7.68. The van der Waals surface area contributed by atoms with Crippen LogP contribution in [0.25, 0.3) is 46.4 Å². The summed E-state index contributed by atoms with van der Waals surface area (Å²) in [6, 6.07) is 21.4. The van der Waals surface area contributed by atoms with Crippen LogP contribution in [0, 0.1) is 10.1 Å². The molecule has 8 heteroatoms. The van der Waals surface area contributed by atoms with Gasteiger partial charge in [0, 0.05) is 34.2 Å². The van der Waals surface area contributed by atoms with E-state index in [2.05, 4.69) is 44.2 Å². The van der Waals surface area contributed by atoms with Gasteiger partial charge in [0.15, 0.2) is 0 Å². The van der Waals surface area contributed by atoms with Crippen molar-refractivity contribution < 1.29 is 10.0 Å². The van der Waals surface area contributed by atoms with E-state index in [0.29, 0.717) is 0 Å². The number of aromatic nitrogens is 4. The summed E-state index contributed by atoms with van der Waals surface area (Å²) < 4.78 is 0. The Morgan fingerprint density at radius 3 is 1.29 bits per heavy atom. The van der Waals surface area contributed by atoms with Crippen molar-refractivity contribution in [3.63, 3.8) is 0 Å². The van der Waals surface area contributed by atoms with E-state index in [1.165, 1.54) is 24.3 Å². The number of fused-ring (bicyclic) bond motifs is 8. The van der Waals surface area contributed by atoms with Gasteiger partial charge in [-0.15, -0.1) is 0 Å². The van der Waals surface area contributed by atoms with Crippen LogP contribution < -0.4 is 0 Å². The lowest BCUT2D eigenvalue weighted by molar-refractivity contribution is -0.384. The minimum absolute atomic E-state index is 0.0159. The molecule has 34 heavy (non-hydrogen) atoms. The summed E-state index contributed by atoms with van der Waals surface area (Å²) in [6.45, 7) is 0. The monoisotopic (exact) mass is 449 g/mol. The lowest BCUT2D eigenvalue weighted by atomic mass is 10.3. The Labute approximate surface area is 193 Å². The predicted octanol–water partition coefficient (Wildman–Crippen LogP) is 5.96. The molecule has 0 fully saturated rings. The number of aromatic amines is 2. The van der Waals surface area contributed by atoms with Gasteiger partial charge in [-0.2, -0.15) is 0 Å². The van der Waals surface area contributed by atoms with Crippen molar-refractivity contribution in [3.05, 3.63) is 106 Å². The maximum atomic E-state index is 10.0. The number of rotatable bonds is 1. The van der Waals surface area contributed by atoms with Gasteiger partial charge in [0.05, 0.1) is 27.7 Å². The highest BCUT2D eigenvalue weighted by molar-refractivity contribution is 5.77. The van der Waals surface area contributed by atoms with Crippen molar-refractivity contribution >= 4 is 52.1 Å². The molecule has 166 valence electrons. The minimum Gasteiger partial charge on any atom is -0.508 e. The number of aromatic hydroxyl groups is 1. The van der Waals surface area contributed by atoms with Gasteiger partial charge in [-0.1, -0.05) is 0 Å². The lowest BCUT2D eigenvalue weighted by Crippen LogP contribution is -1.85. The molecule has 0 amide bonds. The van der Waals surface area contributed by atoms with Crippen LogP contribution in [0.3, 0.4) is 0 Å². The quantitative estimate of drug-likeness (QED) is 0.211. The number of nitro benzene ring substituents is 1. The molecule has 2 aliphatic heterocycles. The Morgan fingerprint density at radius 2 is 0.971 bits per heavy atom. The van der Waals surface area contributed by atoms with Crippen molar-refractivity contribution in [2.75, 3.05) is 0 Å². The predicted molar refractivity (Wildman–Crippen MR) is 134 cm³/mol. The number of benzene rings is 1. The van der Waals surface area contributed by atoms with Crippen LogP contribution in [0.4, 0.5) is 5.69 Å². The molecule has 0 unspecified atom stereocenters. The van der Waals surface area contributed by atoms with Gasteiger partial charge in [0.25, 0.3) is 5.69 Å². The van der Waals surface area contributed by atoms with Gasteiger partial charge in [-0.05, 0) is 85.0 Å². The van der Waals surface area contributed by atoms with Crippen LogP contribution in [0.2, 0.25) is 0 Å².